The van der Waals surface area contributed by atoms with E-state index in [4.69, 9.17) is 5.73 Å². The molecule has 0 aliphatic heterocycles. The number of rotatable bonds is 6. The second-order valence-corrected chi connectivity index (χ2v) is 4.89. The van der Waals surface area contributed by atoms with Crippen LogP contribution >= 0.6 is 0 Å². The number of nitrogen functional groups attached to an aromatic ring is 1. The van der Waals surface area contributed by atoms with E-state index in [1.807, 2.05) is 42.2 Å². The maximum absolute atomic E-state index is 12.1. The Bertz CT molecular complexity index is 423. The first-order valence-electron chi connectivity index (χ1n) is 6.89. The molecule has 0 saturated carbocycles. The van der Waals surface area contributed by atoms with Gasteiger partial charge in [-0.1, -0.05) is 32.4 Å². The molecule has 1 unspecified atom stereocenters. The Hall–Kier alpha value is -1.77. The molecule has 0 fully saturated rings. The first-order chi connectivity index (χ1) is 9.06. The van der Waals surface area contributed by atoms with Crippen molar-refractivity contribution in [2.75, 3.05) is 18.8 Å². The molecule has 0 radical (unpaired) electrons. The molecule has 3 heteroatoms. The number of nitrogens with zero attached hydrogens (tertiary/aromatic N) is 1. The van der Waals surface area contributed by atoms with E-state index in [2.05, 4.69) is 13.8 Å². The zero-order valence-corrected chi connectivity index (χ0v) is 12.1. The van der Waals surface area contributed by atoms with Gasteiger partial charge in [-0.05, 0) is 36.6 Å². The molecule has 0 heterocycles. The van der Waals surface area contributed by atoms with Gasteiger partial charge in [0.25, 0.3) is 0 Å². The van der Waals surface area contributed by atoms with E-state index < -0.39 is 0 Å². The zero-order chi connectivity index (χ0) is 14.3. The third-order valence-electron chi connectivity index (χ3n) is 3.28. The number of hydrogen-bond donors (Lipinski definition) is 1. The van der Waals surface area contributed by atoms with Crippen LogP contribution in [0.15, 0.2) is 30.3 Å². The second kappa shape index (κ2) is 7.62. The predicted octanol–water partition coefficient (Wildman–Crippen LogP) is 3.18. The number of carbonyl (C=O) groups is 1. The van der Waals surface area contributed by atoms with Crippen molar-refractivity contribution in [2.45, 2.75) is 27.2 Å². The van der Waals surface area contributed by atoms with Gasteiger partial charge in [0.05, 0.1) is 0 Å². The maximum atomic E-state index is 12.1. The first kappa shape index (κ1) is 15.3. The van der Waals surface area contributed by atoms with Crippen molar-refractivity contribution in [1.29, 1.82) is 0 Å². The van der Waals surface area contributed by atoms with Gasteiger partial charge < -0.3 is 10.6 Å². The normalized spacial score (nSPS) is 12.6. The second-order valence-electron chi connectivity index (χ2n) is 4.89. The van der Waals surface area contributed by atoms with Crippen LogP contribution in [-0.4, -0.2) is 23.9 Å². The Balaban J connectivity index is 2.63. The highest BCUT2D eigenvalue weighted by molar-refractivity contribution is 5.91. The molecule has 0 aliphatic rings. The summed E-state index contributed by atoms with van der Waals surface area (Å²) in [6, 6.07) is 7.48. The minimum absolute atomic E-state index is 0.0691. The number of amides is 1. The molecule has 0 saturated heterocycles. The topological polar surface area (TPSA) is 46.3 Å². The minimum atomic E-state index is 0.0691. The fraction of sp³-hybridized carbons (Fsp3) is 0.438. The number of hydrogen-bond acceptors (Lipinski definition) is 2. The molecule has 0 aliphatic carbocycles. The van der Waals surface area contributed by atoms with Crippen molar-refractivity contribution in [3.8, 4) is 0 Å². The Kier molecular flexibility index (Phi) is 6.13. The van der Waals surface area contributed by atoms with Gasteiger partial charge in [0.2, 0.25) is 5.91 Å². The van der Waals surface area contributed by atoms with Crippen LogP contribution in [0.2, 0.25) is 0 Å². The lowest BCUT2D eigenvalue weighted by atomic mass is 10.1. The van der Waals surface area contributed by atoms with Gasteiger partial charge in [-0.15, -0.1) is 0 Å². The number of likely N-dealkylation sites (N-methyl/N-ethyl adjacent to an activating group) is 1. The third kappa shape index (κ3) is 5.16. The van der Waals surface area contributed by atoms with Crippen molar-refractivity contribution in [3.05, 3.63) is 35.9 Å². The molecule has 2 N–H and O–H groups in total. The summed E-state index contributed by atoms with van der Waals surface area (Å²) < 4.78 is 0. The Morgan fingerprint density at radius 2 is 1.95 bits per heavy atom. The third-order valence-corrected chi connectivity index (χ3v) is 3.28. The summed E-state index contributed by atoms with van der Waals surface area (Å²) in [5.41, 5.74) is 7.34. The van der Waals surface area contributed by atoms with E-state index in [0.717, 1.165) is 30.8 Å². The lowest BCUT2D eigenvalue weighted by molar-refractivity contribution is -0.126. The molecule has 1 amide bonds. The van der Waals surface area contributed by atoms with E-state index in [0.29, 0.717) is 5.92 Å². The standard InChI is InChI=1S/C16H24N2O/c1-4-13(3)12-18(5-2)16(19)11-8-14-6-9-15(17)10-7-14/h6-11,13H,4-5,12,17H2,1-3H3/b11-8+. The highest BCUT2D eigenvalue weighted by Gasteiger charge is 2.11. The monoisotopic (exact) mass is 260 g/mol. The van der Waals surface area contributed by atoms with Crippen LogP contribution in [0.25, 0.3) is 6.08 Å². The highest BCUT2D eigenvalue weighted by Crippen LogP contribution is 2.09. The average Bonchev–Trinajstić information content (AvgIpc) is 2.43. The van der Waals surface area contributed by atoms with Gasteiger partial charge in [0.1, 0.15) is 0 Å². The van der Waals surface area contributed by atoms with Gasteiger partial charge >= 0.3 is 0 Å². The number of anilines is 1. The fourth-order valence-electron chi connectivity index (χ4n) is 1.76. The van der Waals surface area contributed by atoms with Crippen LogP contribution in [-0.2, 0) is 4.79 Å². The Morgan fingerprint density at radius 3 is 2.47 bits per heavy atom. The lowest BCUT2D eigenvalue weighted by Crippen LogP contribution is -2.33. The van der Waals surface area contributed by atoms with Crippen molar-refractivity contribution in [3.63, 3.8) is 0 Å². The van der Waals surface area contributed by atoms with Crippen molar-refractivity contribution in [1.82, 2.24) is 4.90 Å². The van der Waals surface area contributed by atoms with Crippen LogP contribution in [0.4, 0.5) is 5.69 Å². The minimum Gasteiger partial charge on any atom is -0.399 e. The molecule has 1 aromatic rings. The summed E-state index contributed by atoms with van der Waals surface area (Å²) in [7, 11) is 0. The largest absolute Gasteiger partial charge is 0.399 e. The summed E-state index contributed by atoms with van der Waals surface area (Å²) in [5, 5.41) is 0. The van der Waals surface area contributed by atoms with E-state index in [1.165, 1.54) is 0 Å². The molecule has 0 bridgehead atoms. The van der Waals surface area contributed by atoms with Crippen LogP contribution in [0.1, 0.15) is 32.8 Å². The average molecular weight is 260 g/mol. The quantitative estimate of drug-likeness (QED) is 0.631. The van der Waals surface area contributed by atoms with Crippen LogP contribution in [0.3, 0.4) is 0 Å². The van der Waals surface area contributed by atoms with Gasteiger partial charge in [0, 0.05) is 24.9 Å². The predicted molar refractivity (Wildman–Crippen MR) is 81.6 cm³/mol. The van der Waals surface area contributed by atoms with Crippen molar-refractivity contribution in [2.24, 2.45) is 5.92 Å². The summed E-state index contributed by atoms with van der Waals surface area (Å²) in [4.78, 5) is 14.0. The maximum Gasteiger partial charge on any atom is 0.246 e. The summed E-state index contributed by atoms with van der Waals surface area (Å²) in [6.45, 7) is 7.89. The molecule has 0 aromatic heterocycles. The molecule has 104 valence electrons. The fourth-order valence-corrected chi connectivity index (χ4v) is 1.76. The molecule has 1 atom stereocenters. The van der Waals surface area contributed by atoms with Crippen LogP contribution in [0, 0.1) is 5.92 Å². The van der Waals surface area contributed by atoms with Gasteiger partial charge in [-0.25, -0.2) is 0 Å². The SMILES string of the molecule is CCC(C)CN(CC)C(=O)/C=C/c1ccc(N)cc1. The molecule has 1 rings (SSSR count). The zero-order valence-electron chi connectivity index (χ0n) is 12.1. The highest BCUT2D eigenvalue weighted by atomic mass is 16.2. The van der Waals surface area contributed by atoms with Crippen molar-refractivity contribution < 1.29 is 4.79 Å². The van der Waals surface area contributed by atoms with Gasteiger partial charge in [-0.3, -0.25) is 4.79 Å². The summed E-state index contributed by atoms with van der Waals surface area (Å²) in [5.74, 6) is 0.605. The molecule has 3 nitrogen and oxygen atoms in total. The molecular formula is C16H24N2O. The summed E-state index contributed by atoms with van der Waals surface area (Å²) >= 11 is 0. The van der Waals surface area contributed by atoms with Crippen molar-refractivity contribution >= 4 is 17.7 Å². The summed E-state index contributed by atoms with van der Waals surface area (Å²) in [6.07, 6.45) is 4.56. The van der Waals surface area contributed by atoms with E-state index in [1.54, 1.807) is 6.08 Å². The number of benzene rings is 1. The Labute approximate surface area is 116 Å². The lowest BCUT2D eigenvalue weighted by Gasteiger charge is -2.22. The first-order valence-corrected chi connectivity index (χ1v) is 6.89. The molecule has 19 heavy (non-hydrogen) atoms. The van der Waals surface area contributed by atoms with Crippen LogP contribution < -0.4 is 5.73 Å². The molecule has 0 spiro atoms. The van der Waals surface area contributed by atoms with E-state index in [9.17, 15) is 4.79 Å². The van der Waals surface area contributed by atoms with Gasteiger partial charge in [0.15, 0.2) is 0 Å². The molecular weight excluding hydrogens is 236 g/mol. The smallest absolute Gasteiger partial charge is 0.246 e. The molecule has 1 aromatic carbocycles. The van der Waals surface area contributed by atoms with E-state index >= 15 is 0 Å². The van der Waals surface area contributed by atoms with E-state index in [-0.39, 0.29) is 5.91 Å². The Morgan fingerprint density at radius 1 is 1.32 bits per heavy atom. The van der Waals surface area contributed by atoms with Crippen LogP contribution in [0.5, 0.6) is 0 Å². The van der Waals surface area contributed by atoms with Gasteiger partial charge in [-0.2, -0.15) is 0 Å². The number of nitrogens with two attached hydrogens (primary N) is 1. The number of carbonyl (C=O) groups excluding carboxylic acids is 1.